The fourth-order valence-corrected chi connectivity index (χ4v) is 4.43. The van der Waals surface area contributed by atoms with Crippen molar-refractivity contribution in [2.45, 2.75) is 31.9 Å². The monoisotopic (exact) mass is 318 g/mol. The number of carbonyl (C=O) groups excluding carboxylic acids is 1. The van der Waals surface area contributed by atoms with Crippen LogP contribution in [0.3, 0.4) is 0 Å². The Balaban J connectivity index is 1.98. The van der Waals surface area contributed by atoms with Gasteiger partial charge in [-0.1, -0.05) is 11.6 Å². The predicted molar refractivity (Wildman–Crippen MR) is 78.0 cm³/mol. The average molecular weight is 319 g/mol. The average Bonchev–Trinajstić information content (AvgIpc) is 3.08. The van der Waals surface area contributed by atoms with Gasteiger partial charge >= 0.3 is 5.97 Å². The van der Waals surface area contributed by atoms with E-state index in [9.17, 15) is 9.00 Å². The Morgan fingerprint density at radius 1 is 1.55 bits per heavy atom. The fraction of sp³-hybridized carbons (Fsp3) is 0.692. The molecule has 112 valence electrons. The number of aromatic nitrogens is 2. The molecule has 0 saturated heterocycles. The van der Waals surface area contributed by atoms with Crippen LogP contribution in [-0.2, 0) is 33.1 Å². The van der Waals surface area contributed by atoms with Crippen LogP contribution in [0.2, 0.25) is 5.02 Å². The molecule has 1 aliphatic rings. The van der Waals surface area contributed by atoms with Crippen LogP contribution >= 0.6 is 11.6 Å². The molecule has 0 spiro atoms. The van der Waals surface area contributed by atoms with Crippen molar-refractivity contribution in [1.29, 1.82) is 0 Å². The van der Waals surface area contributed by atoms with Gasteiger partial charge in [-0.15, -0.1) is 0 Å². The number of carbonyl (C=O) groups is 1. The Hall–Kier alpha value is -0.880. The van der Waals surface area contributed by atoms with Crippen molar-refractivity contribution in [2.24, 2.45) is 12.5 Å². The first kappa shape index (κ1) is 15.5. The van der Waals surface area contributed by atoms with Gasteiger partial charge in [-0.25, -0.2) is 0 Å². The molecule has 0 radical (unpaired) electrons. The maximum Gasteiger partial charge on any atom is 0.306 e. The summed E-state index contributed by atoms with van der Waals surface area (Å²) in [6, 6.07) is 0. The first-order valence-corrected chi connectivity index (χ1v) is 8.33. The number of ether oxygens (including phenoxy) is 1. The smallest absolute Gasteiger partial charge is 0.306 e. The van der Waals surface area contributed by atoms with Crippen LogP contribution in [0.15, 0.2) is 0 Å². The van der Waals surface area contributed by atoms with Gasteiger partial charge in [0.2, 0.25) is 0 Å². The third-order valence-electron chi connectivity index (χ3n) is 3.73. The van der Waals surface area contributed by atoms with Crippen LogP contribution in [0, 0.1) is 12.3 Å². The molecule has 1 fully saturated rings. The summed E-state index contributed by atoms with van der Waals surface area (Å²) in [5, 5.41) is 4.80. The molecule has 0 N–H and O–H groups in total. The second kappa shape index (κ2) is 5.85. The minimum Gasteiger partial charge on any atom is -0.469 e. The standard InChI is InChI=1S/C13H19ClN2O3S/c1-9-12(14)10(16(2)15-9)7-20(18)8-13(4-5-13)6-11(17)19-3/h4-8H2,1-3H3. The summed E-state index contributed by atoms with van der Waals surface area (Å²) in [6.07, 6.45) is 2.23. The third-order valence-corrected chi connectivity index (χ3v) is 5.75. The van der Waals surface area contributed by atoms with Crippen molar-refractivity contribution >= 4 is 28.4 Å². The minimum atomic E-state index is -1.06. The van der Waals surface area contributed by atoms with Gasteiger partial charge in [-0.2, -0.15) is 5.10 Å². The molecular formula is C13H19ClN2O3S. The number of esters is 1. The van der Waals surface area contributed by atoms with Crippen molar-refractivity contribution < 1.29 is 13.7 Å². The third kappa shape index (κ3) is 3.41. The summed E-state index contributed by atoms with van der Waals surface area (Å²) in [5.41, 5.74) is 1.41. The summed E-state index contributed by atoms with van der Waals surface area (Å²) in [7, 11) is 2.12. The molecule has 1 aromatic heterocycles. The molecule has 5 nitrogen and oxygen atoms in total. The largest absolute Gasteiger partial charge is 0.469 e. The van der Waals surface area contributed by atoms with E-state index >= 15 is 0 Å². The molecule has 7 heteroatoms. The van der Waals surface area contributed by atoms with Crippen LogP contribution in [0.25, 0.3) is 0 Å². The van der Waals surface area contributed by atoms with E-state index in [1.165, 1.54) is 7.11 Å². The molecule has 1 saturated carbocycles. The summed E-state index contributed by atoms with van der Waals surface area (Å²) in [4.78, 5) is 11.4. The van der Waals surface area contributed by atoms with Crippen molar-refractivity contribution in [3.05, 3.63) is 16.4 Å². The molecule has 0 bridgehead atoms. The zero-order valence-corrected chi connectivity index (χ0v) is 13.5. The molecule has 0 aromatic carbocycles. The van der Waals surface area contributed by atoms with E-state index < -0.39 is 10.8 Å². The van der Waals surface area contributed by atoms with Crippen LogP contribution in [-0.4, -0.2) is 32.8 Å². The maximum atomic E-state index is 12.3. The number of rotatable bonds is 6. The summed E-state index contributed by atoms with van der Waals surface area (Å²) in [6.45, 7) is 1.83. The molecule has 0 aliphatic heterocycles. The van der Waals surface area contributed by atoms with E-state index in [1.807, 2.05) is 6.92 Å². The molecule has 1 unspecified atom stereocenters. The Labute approximate surface area is 126 Å². The van der Waals surface area contributed by atoms with Gasteiger partial charge in [-0.3, -0.25) is 13.7 Å². The molecule has 20 heavy (non-hydrogen) atoms. The Morgan fingerprint density at radius 2 is 2.20 bits per heavy atom. The fourth-order valence-electron chi connectivity index (χ4n) is 2.31. The number of hydrogen-bond acceptors (Lipinski definition) is 4. The maximum absolute atomic E-state index is 12.3. The SMILES string of the molecule is COC(=O)CC1(CS(=O)Cc2c(Cl)c(C)nn2C)CC1. The molecule has 1 aliphatic carbocycles. The van der Waals surface area contributed by atoms with Crippen LogP contribution in [0.5, 0.6) is 0 Å². The van der Waals surface area contributed by atoms with Gasteiger partial charge in [0, 0.05) is 23.6 Å². The summed E-state index contributed by atoms with van der Waals surface area (Å²) >= 11 is 6.16. The van der Waals surface area contributed by atoms with E-state index in [4.69, 9.17) is 16.3 Å². The highest BCUT2D eigenvalue weighted by Crippen LogP contribution is 2.49. The van der Waals surface area contributed by atoms with Crippen LogP contribution in [0.1, 0.15) is 30.7 Å². The lowest BCUT2D eigenvalue weighted by Gasteiger charge is -2.13. The van der Waals surface area contributed by atoms with Crippen LogP contribution in [0.4, 0.5) is 0 Å². The molecular weight excluding hydrogens is 300 g/mol. The lowest BCUT2D eigenvalue weighted by atomic mass is 10.1. The number of nitrogens with zero attached hydrogens (tertiary/aromatic N) is 2. The van der Waals surface area contributed by atoms with Crippen molar-refractivity contribution in [2.75, 3.05) is 12.9 Å². The zero-order chi connectivity index (χ0) is 14.9. The van der Waals surface area contributed by atoms with Gasteiger partial charge in [0.05, 0.1) is 35.7 Å². The number of aryl methyl sites for hydroxylation is 2. The first-order valence-electron chi connectivity index (χ1n) is 6.47. The molecule has 1 heterocycles. The predicted octanol–water partition coefficient (Wildman–Crippen LogP) is 1.97. The zero-order valence-electron chi connectivity index (χ0n) is 11.9. The van der Waals surface area contributed by atoms with E-state index in [-0.39, 0.29) is 11.4 Å². The van der Waals surface area contributed by atoms with Gasteiger partial charge in [-0.05, 0) is 25.2 Å². The van der Waals surface area contributed by atoms with Gasteiger partial charge in [0.15, 0.2) is 0 Å². The second-order valence-corrected chi connectivity index (χ2v) is 7.29. The van der Waals surface area contributed by atoms with E-state index in [0.717, 1.165) is 24.2 Å². The summed E-state index contributed by atoms with van der Waals surface area (Å²) < 4.78 is 18.7. The molecule has 1 atom stereocenters. The van der Waals surface area contributed by atoms with Gasteiger partial charge < -0.3 is 4.74 Å². The first-order chi connectivity index (χ1) is 9.37. The van der Waals surface area contributed by atoms with E-state index in [2.05, 4.69) is 5.10 Å². The Morgan fingerprint density at radius 3 is 2.65 bits per heavy atom. The molecule has 1 aromatic rings. The van der Waals surface area contributed by atoms with Crippen molar-refractivity contribution in [3.8, 4) is 0 Å². The van der Waals surface area contributed by atoms with E-state index in [1.54, 1.807) is 11.7 Å². The Bertz CT molecular complexity index is 552. The highest BCUT2D eigenvalue weighted by Gasteiger charge is 2.46. The number of methoxy groups -OCH3 is 1. The highest BCUT2D eigenvalue weighted by atomic mass is 35.5. The number of halogens is 1. The van der Waals surface area contributed by atoms with E-state index in [0.29, 0.717) is 22.9 Å². The van der Waals surface area contributed by atoms with Gasteiger partial charge in [0.25, 0.3) is 0 Å². The lowest BCUT2D eigenvalue weighted by molar-refractivity contribution is -0.141. The van der Waals surface area contributed by atoms with Crippen LogP contribution < -0.4 is 0 Å². The Kier molecular flexibility index (Phi) is 4.54. The van der Waals surface area contributed by atoms with Gasteiger partial charge in [0.1, 0.15) is 0 Å². The quantitative estimate of drug-likeness (QED) is 0.752. The lowest BCUT2D eigenvalue weighted by Crippen LogP contribution is -2.19. The summed E-state index contributed by atoms with van der Waals surface area (Å²) in [5.74, 6) is 0.663. The normalized spacial score (nSPS) is 17.8. The van der Waals surface area contributed by atoms with Crippen molar-refractivity contribution in [3.63, 3.8) is 0 Å². The van der Waals surface area contributed by atoms with Crippen molar-refractivity contribution in [1.82, 2.24) is 9.78 Å². The highest BCUT2D eigenvalue weighted by molar-refractivity contribution is 7.84. The topological polar surface area (TPSA) is 61.2 Å². The molecule has 2 rings (SSSR count). The number of hydrogen-bond donors (Lipinski definition) is 0. The second-order valence-electron chi connectivity index (χ2n) is 5.45. The minimum absolute atomic E-state index is 0.127. The molecule has 0 amide bonds.